The number of aromatic nitrogens is 3. The first-order valence-corrected chi connectivity index (χ1v) is 9.68. The molecule has 11 nitrogen and oxygen atoms in total. The molecule has 2 N–H and O–H groups in total. The van der Waals surface area contributed by atoms with E-state index in [9.17, 15) is 19.5 Å². The number of carbonyl (C=O) groups is 3. The lowest BCUT2D eigenvalue weighted by Gasteiger charge is -2.19. The number of hydrogen-bond donors (Lipinski definition) is 2. The number of nitrogens with zero attached hydrogens (tertiary/aromatic N) is 4. The van der Waals surface area contributed by atoms with E-state index in [2.05, 4.69) is 4.98 Å². The van der Waals surface area contributed by atoms with Crippen LogP contribution in [0.2, 0.25) is 0 Å². The predicted molar refractivity (Wildman–Crippen MR) is 112 cm³/mol. The summed E-state index contributed by atoms with van der Waals surface area (Å²) in [6, 6.07) is 6.55. The summed E-state index contributed by atoms with van der Waals surface area (Å²) >= 11 is 0. The van der Waals surface area contributed by atoms with Crippen molar-refractivity contribution in [3.63, 3.8) is 0 Å². The summed E-state index contributed by atoms with van der Waals surface area (Å²) in [7, 11) is 1.21. The molecule has 0 fully saturated rings. The van der Waals surface area contributed by atoms with Gasteiger partial charge in [0.25, 0.3) is 17.9 Å². The molecule has 1 aliphatic rings. The standard InChI is InChI=1S/C20H20N4O5.CH2O2/c1-12-18(21-15-5-3-4-7-23(12)15)19(27)22-8-6-13-17(20(28)29-2)14(25)11-16(26)24(13)10-9-22;2-1-3/h3-5,7,11,25H,6,8-10H2,1-2H3;1H,(H,2,3). The number of pyridine rings is 2. The lowest BCUT2D eigenvalue weighted by Crippen LogP contribution is -2.34. The number of aryl methyl sites for hydroxylation is 1. The monoisotopic (exact) mass is 442 g/mol. The molecule has 0 atom stereocenters. The van der Waals surface area contributed by atoms with Crippen molar-refractivity contribution < 1.29 is 29.3 Å². The molecule has 0 unspecified atom stereocenters. The summed E-state index contributed by atoms with van der Waals surface area (Å²) in [5, 5.41) is 17.0. The number of aromatic hydroxyl groups is 1. The van der Waals surface area contributed by atoms with Gasteiger partial charge in [0.05, 0.1) is 12.8 Å². The summed E-state index contributed by atoms with van der Waals surface area (Å²) < 4.78 is 8.01. The van der Waals surface area contributed by atoms with Crippen LogP contribution in [-0.4, -0.2) is 67.6 Å². The molecule has 0 radical (unpaired) electrons. The molecule has 4 rings (SSSR count). The Morgan fingerprint density at radius 3 is 2.59 bits per heavy atom. The Kier molecular flexibility index (Phi) is 6.57. The third-order valence-electron chi connectivity index (χ3n) is 5.26. The van der Waals surface area contributed by atoms with E-state index in [1.165, 1.54) is 11.7 Å². The molecule has 1 amide bonds. The second-order valence-corrected chi connectivity index (χ2v) is 6.95. The zero-order valence-electron chi connectivity index (χ0n) is 17.5. The maximum atomic E-state index is 13.1. The molecule has 3 aromatic rings. The second kappa shape index (κ2) is 9.33. The number of rotatable bonds is 2. The third kappa shape index (κ3) is 4.04. The molecule has 168 valence electrons. The van der Waals surface area contributed by atoms with Crippen LogP contribution in [0, 0.1) is 6.92 Å². The average Bonchev–Trinajstić information content (AvgIpc) is 2.95. The summed E-state index contributed by atoms with van der Waals surface area (Å²) in [6.07, 6.45) is 2.07. The van der Waals surface area contributed by atoms with Crippen molar-refractivity contribution in [2.45, 2.75) is 19.9 Å². The fraction of sp³-hybridized carbons (Fsp3) is 0.286. The van der Waals surface area contributed by atoms with E-state index in [0.717, 1.165) is 11.8 Å². The molecule has 0 bridgehead atoms. The first-order chi connectivity index (χ1) is 15.3. The van der Waals surface area contributed by atoms with Crippen LogP contribution in [0.1, 0.15) is 32.2 Å². The number of imidazole rings is 1. The zero-order chi connectivity index (χ0) is 23.4. The van der Waals surface area contributed by atoms with Crippen molar-refractivity contribution in [2.24, 2.45) is 0 Å². The van der Waals surface area contributed by atoms with Gasteiger partial charge in [-0.15, -0.1) is 0 Å². The van der Waals surface area contributed by atoms with Gasteiger partial charge >= 0.3 is 5.97 Å². The van der Waals surface area contributed by atoms with E-state index in [1.54, 1.807) is 4.90 Å². The average molecular weight is 442 g/mol. The van der Waals surface area contributed by atoms with Crippen LogP contribution in [0.5, 0.6) is 5.75 Å². The smallest absolute Gasteiger partial charge is 0.343 e. The van der Waals surface area contributed by atoms with Crippen molar-refractivity contribution in [1.29, 1.82) is 0 Å². The van der Waals surface area contributed by atoms with Crippen molar-refractivity contribution in [1.82, 2.24) is 18.9 Å². The van der Waals surface area contributed by atoms with Gasteiger partial charge in [0.15, 0.2) is 0 Å². The summed E-state index contributed by atoms with van der Waals surface area (Å²) in [5.41, 5.74) is 1.67. The topological polar surface area (TPSA) is 143 Å². The van der Waals surface area contributed by atoms with Crippen LogP contribution in [0.15, 0.2) is 35.3 Å². The molecular weight excluding hydrogens is 420 g/mol. The van der Waals surface area contributed by atoms with Gasteiger partial charge in [0, 0.05) is 44.0 Å². The largest absolute Gasteiger partial charge is 0.507 e. The maximum absolute atomic E-state index is 13.1. The molecule has 3 aromatic heterocycles. The van der Waals surface area contributed by atoms with Crippen molar-refractivity contribution >= 4 is 24.0 Å². The fourth-order valence-corrected chi connectivity index (χ4v) is 3.76. The molecule has 0 aromatic carbocycles. The molecule has 0 saturated heterocycles. The van der Waals surface area contributed by atoms with Crippen LogP contribution in [0.4, 0.5) is 0 Å². The molecule has 11 heteroatoms. The first kappa shape index (κ1) is 22.5. The maximum Gasteiger partial charge on any atom is 0.343 e. The Hall–Kier alpha value is -4.15. The molecule has 0 saturated carbocycles. The molecule has 1 aliphatic heterocycles. The van der Waals surface area contributed by atoms with Gasteiger partial charge in [-0.2, -0.15) is 0 Å². The van der Waals surface area contributed by atoms with Gasteiger partial charge in [-0.05, 0) is 19.1 Å². The minimum atomic E-state index is -0.720. The number of ether oxygens (including phenoxy) is 1. The van der Waals surface area contributed by atoms with Crippen molar-refractivity contribution in [2.75, 3.05) is 20.2 Å². The minimum Gasteiger partial charge on any atom is -0.507 e. The predicted octanol–water partition coefficient (Wildman–Crippen LogP) is 0.696. The number of methoxy groups -OCH3 is 1. The number of carboxylic acid groups (broad SMARTS) is 1. The van der Waals surface area contributed by atoms with E-state index < -0.39 is 17.3 Å². The van der Waals surface area contributed by atoms with Gasteiger partial charge < -0.3 is 28.8 Å². The summed E-state index contributed by atoms with van der Waals surface area (Å²) in [5.74, 6) is -1.37. The highest BCUT2D eigenvalue weighted by molar-refractivity contribution is 5.95. The SMILES string of the molecule is COC(=O)c1c(O)cc(=O)n2c1CCN(C(=O)c1nc3ccccn3c1C)CC2.O=CO. The zero-order valence-corrected chi connectivity index (χ0v) is 17.5. The Morgan fingerprint density at radius 1 is 1.22 bits per heavy atom. The fourth-order valence-electron chi connectivity index (χ4n) is 3.76. The van der Waals surface area contributed by atoms with E-state index >= 15 is 0 Å². The van der Waals surface area contributed by atoms with Crippen molar-refractivity contribution in [3.8, 4) is 5.75 Å². The Labute approximate surface area is 182 Å². The van der Waals surface area contributed by atoms with Crippen LogP contribution in [0.25, 0.3) is 5.65 Å². The number of carbonyl (C=O) groups excluding carboxylic acids is 2. The number of esters is 1. The normalized spacial score (nSPS) is 12.9. The van der Waals surface area contributed by atoms with E-state index in [-0.39, 0.29) is 44.0 Å². The van der Waals surface area contributed by atoms with Crippen LogP contribution < -0.4 is 5.56 Å². The lowest BCUT2D eigenvalue weighted by molar-refractivity contribution is -0.122. The Balaban J connectivity index is 0.000000913. The number of amides is 1. The van der Waals surface area contributed by atoms with Crippen LogP contribution >= 0.6 is 0 Å². The van der Waals surface area contributed by atoms with Crippen LogP contribution in [-0.2, 0) is 22.5 Å². The quantitative estimate of drug-likeness (QED) is 0.436. The lowest BCUT2D eigenvalue weighted by atomic mass is 10.1. The van der Waals surface area contributed by atoms with Gasteiger partial charge in [0.2, 0.25) is 0 Å². The van der Waals surface area contributed by atoms with Gasteiger partial charge in [0.1, 0.15) is 22.7 Å². The van der Waals surface area contributed by atoms with E-state index in [0.29, 0.717) is 17.0 Å². The summed E-state index contributed by atoms with van der Waals surface area (Å²) in [4.78, 5) is 52.0. The van der Waals surface area contributed by atoms with Crippen molar-refractivity contribution in [3.05, 3.63) is 63.5 Å². The minimum absolute atomic E-state index is 0.0368. The molecular formula is C21H22N4O7. The van der Waals surface area contributed by atoms with Crippen LogP contribution in [0.3, 0.4) is 0 Å². The van der Waals surface area contributed by atoms with E-state index in [4.69, 9.17) is 14.6 Å². The molecule has 4 heterocycles. The Morgan fingerprint density at radius 2 is 1.94 bits per heavy atom. The highest BCUT2D eigenvalue weighted by Crippen LogP contribution is 2.23. The molecule has 32 heavy (non-hydrogen) atoms. The van der Waals surface area contributed by atoms with Gasteiger partial charge in [-0.3, -0.25) is 14.4 Å². The first-order valence-electron chi connectivity index (χ1n) is 9.68. The number of hydrogen-bond acceptors (Lipinski definition) is 7. The molecule has 0 spiro atoms. The molecule has 0 aliphatic carbocycles. The second-order valence-electron chi connectivity index (χ2n) is 6.95. The summed E-state index contributed by atoms with van der Waals surface area (Å²) in [6.45, 7) is 2.35. The van der Waals surface area contributed by atoms with E-state index in [1.807, 2.05) is 35.7 Å². The van der Waals surface area contributed by atoms with Gasteiger partial charge in [-0.1, -0.05) is 6.07 Å². The number of fused-ring (bicyclic) bond motifs is 2. The Bertz CT molecular complexity index is 1240. The highest BCUT2D eigenvalue weighted by Gasteiger charge is 2.28. The highest BCUT2D eigenvalue weighted by atomic mass is 16.5. The van der Waals surface area contributed by atoms with Gasteiger partial charge in [-0.25, -0.2) is 9.78 Å². The third-order valence-corrected chi connectivity index (χ3v) is 5.26.